The van der Waals surface area contributed by atoms with Crippen molar-refractivity contribution in [1.82, 2.24) is 14.5 Å². The summed E-state index contributed by atoms with van der Waals surface area (Å²) < 4.78 is 39.1. The molecule has 164 valence electrons. The number of carbonyl (C=O) groups excluding carboxylic acids is 2. The maximum absolute atomic E-state index is 13.3. The maximum atomic E-state index is 13.3. The predicted octanol–water partition coefficient (Wildman–Crippen LogP) is 2.49. The molecule has 1 saturated heterocycles. The lowest BCUT2D eigenvalue weighted by atomic mass is 10.1. The third kappa shape index (κ3) is 4.90. The van der Waals surface area contributed by atoms with Gasteiger partial charge >= 0.3 is 6.03 Å². The molecule has 0 unspecified atom stereocenters. The van der Waals surface area contributed by atoms with E-state index in [9.17, 15) is 22.4 Å². The topological polar surface area (TPSA) is 98.8 Å². The number of thiophene rings is 1. The second-order valence-electron chi connectivity index (χ2n) is 6.84. The van der Waals surface area contributed by atoms with Gasteiger partial charge in [0.15, 0.2) is 0 Å². The summed E-state index contributed by atoms with van der Waals surface area (Å²) in [4.78, 5) is 26.9. The van der Waals surface area contributed by atoms with Crippen LogP contribution in [0.2, 0.25) is 0 Å². The highest BCUT2D eigenvalue weighted by atomic mass is 32.2. The van der Waals surface area contributed by atoms with E-state index in [4.69, 9.17) is 0 Å². The minimum atomic E-state index is -3.52. The molecule has 8 nitrogen and oxygen atoms in total. The van der Waals surface area contributed by atoms with Crippen molar-refractivity contribution in [3.05, 3.63) is 29.8 Å². The summed E-state index contributed by atoms with van der Waals surface area (Å²) in [5.74, 6) is -0.479. The summed E-state index contributed by atoms with van der Waals surface area (Å²) in [6.07, 6.45) is -0.0305. The number of anilines is 1. The Labute approximate surface area is 179 Å². The van der Waals surface area contributed by atoms with Crippen molar-refractivity contribution in [3.8, 4) is 0 Å². The molecule has 1 aromatic carbocycles. The molecule has 30 heavy (non-hydrogen) atoms. The van der Waals surface area contributed by atoms with Crippen LogP contribution in [-0.4, -0.2) is 74.7 Å². The Balaban J connectivity index is 1.79. The van der Waals surface area contributed by atoms with Crippen LogP contribution < -0.4 is 10.6 Å². The summed E-state index contributed by atoms with van der Waals surface area (Å²) in [6.45, 7) is 2.39. The number of rotatable bonds is 7. The van der Waals surface area contributed by atoms with Gasteiger partial charge in [0.2, 0.25) is 10.0 Å². The van der Waals surface area contributed by atoms with Crippen molar-refractivity contribution in [3.63, 3.8) is 0 Å². The Bertz CT molecular complexity index is 1020. The first-order chi connectivity index (χ1) is 14.4. The number of nitrogens with zero attached hydrogens (tertiary/aromatic N) is 2. The van der Waals surface area contributed by atoms with Gasteiger partial charge in [0.1, 0.15) is 5.00 Å². The molecule has 2 aromatic rings. The monoisotopic (exact) mass is 456 g/mol. The van der Waals surface area contributed by atoms with Gasteiger partial charge in [-0.25, -0.2) is 13.2 Å². The number of fused-ring (bicyclic) bond motifs is 1. The van der Waals surface area contributed by atoms with Gasteiger partial charge < -0.3 is 10.2 Å². The second kappa shape index (κ2) is 9.71. The fourth-order valence-electron chi connectivity index (χ4n) is 3.35. The normalized spacial score (nSPS) is 15.3. The molecule has 3 amide bonds. The summed E-state index contributed by atoms with van der Waals surface area (Å²) in [5.41, 5.74) is 0.413. The van der Waals surface area contributed by atoms with E-state index in [2.05, 4.69) is 10.6 Å². The number of urea groups is 1. The average Bonchev–Trinajstić information content (AvgIpc) is 3.09. The molecule has 1 fully saturated rings. The SMILES string of the molecule is CCNC(=O)Nc1sc2ccccc2c1C(=O)N1CCN(S(=O)(=O)CCCF)CC1. The number of halogens is 1. The van der Waals surface area contributed by atoms with Gasteiger partial charge in [-0.05, 0) is 19.4 Å². The van der Waals surface area contributed by atoms with Crippen LogP contribution in [0.4, 0.5) is 14.2 Å². The van der Waals surface area contributed by atoms with Crippen LogP contribution in [0.1, 0.15) is 23.7 Å². The molecule has 2 N–H and O–H groups in total. The van der Waals surface area contributed by atoms with Gasteiger partial charge in [0, 0.05) is 42.8 Å². The molecule has 1 aliphatic heterocycles. The lowest BCUT2D eigenvalue weighted by molar-refractivity contribution is 0.0701. The quantitative estimate of drug-likeness (QED) is 0.669. The lowest BCUT2D eigenvalue weighted by Crippen LogP contribution is -2.51. The van der Waals surface area contributed by atoms with Gasteiger partial charge in [-0.1, -0.05) is 18.2 Å². The van der Waals surface area contributed by atoms with Crippen molar-refractivity contribution in [1.29, 1.82) is 0 Å². The Morgan fingerprint density at radius 2 is 1.87 bits per heavy atom. The molecule has 0 radical (unpaired) electrons. The van der Waals surface area contributed by atoms with Crippen molar-refractivity contribution in [2.24, 2.45) is 0 Å². The Hall–Kier alpha value is -2.24. The average molecular weight is 457 g/mol. The molecule has 2 heterocycles. The van der Waals surface area contributed by atoms with Crippen LogP contribution in [0.15, 0.2) is 24.3 Å². The molecule has 11 heteroatoms. The highest BCUT2D eigenvalue weighted by Crippen LogP contribution is 2.36. The lowest BCUT2D eigenvalue weighted by Gasteiger charge is -2.34. The molecule has 0 atom stereocenters. The fraction of sp³-hybridized carbons (Fsp3) is 0.474. The first-order valence-corrected chi connectivity index (χ1v) is 12.2. The van der Waals surface area contributed by atoms with Crippen LogP contribution in [0.5, 0.6) is 0 Å². The molecule has 0 bridgehead atoms. The van der Waals surface area contributed by atoms with Crippen LogP contribution >= 0.6 is 11.3 Å². The molecule has 1 aromatic heterocycles. The zero-order valence-corrected chi connectivity index (χ0v) is 18.3. The van der Waals surface area contributed by atoms with Crippen molar-refractivity contribution < 1.29 is 22.4 Å². The molecular formula is C19H25FN4O4S2. The van der Waals surface area contributed by atoms with E-state index in [1.165, 1.54) is 15.6 Å². The molecule has 1 aliphatic rings. The van der Waals surface area contributed by atoms with Crippen LogP contribution in [0, 0.1) is 0 Å². The molecule has 0 saturated carbocycles. The van der Waals surface area contributed by atoms with Crippen LogP contribution in [-0.2, 0) is 10.0 Å². The van der Waals surface area contributed by atoms with E-state index >= 15 is 0 Å². The Morgan fingerprint density at radius 3 is 2.53 bits per heavy atom. The molecular weight excluding hydrogens is 431 g/mol. The number of hydrogen-bond acceptors (Lipinski definition) is 5. The van der Waals surface area contributed by atoms with Crippen molar-refractivity contribution in [2.75, 3.05) is 50.5 Å². The number of sulfonamides is 1. The van der Waals surface area contributed by atoms with Crippen molar-refractivity contribution in [2.45, 2.75) is 13.3 Å². The second-order valence-corrected chi connectivity index (χ2v) is 9.98. The third-order valence-corrected chi connectivity index (χ3v) is 7.87. The van der Waals surface area contributed by atoms with E-state index in [0.717, 1.165) is 10.1 Å². The van der Waals surface area contributed by atoms with E-state index in [1.54, 1.807) is 11.8 Å². The maximum Gasteiger partial charge on any atom is 0.319 e. The van der Waals surface area contributed by atoms with E-state index in [1.807, 2.05) is 24.3 Å². The smallest absolute Gasteiger partial charge is 0.319 e. The van der Waals surface area contributed by atoms with Gasteiger partial charge in [-0.2, -0.15) is 4.31 Å². The highest BCUT2D eigenvalue weighted by Gasteiger charge is 2.31. The van der Waals surface area contributed by atoms with Crippen LogP contribution in [0.25, 0.3) is 10.1 Å². The van der Waals surface area contributed by atoms with Gasteiger partial charge in [-0.15, -0.1) is 11.3 Å². The summed E-state index contributed by atoms with van der Waals surface area (Å²) in [6, 6.07) is 7.03. The number of alkyl halides is 1. The first-order valence-electron chi connectivity index (χ1n) is 9.76. The van der Waals surface area contributed by atoms with E-state index < -0.39 is 16.7 Å². The summed E-state index contributed by atoms with van der Waals surface area (Å²) in [7, 11) is -3.52. The Morgan fingerprint density at radius 1 is 1.17 bits per heavy atom. The minimum absolute atomic E-state index is 0.0305. The fourth-order valence-corrected chi connectivity index (χ4v) is 5.89. The minimum Gasteiger partial charge on any atom is -0.338 e. The zero-order valence-electron chi connectivity index (χ0n) is 16.7. The number of nitrogens with one attached hydrogen (secondary N) is 2. The number of hydrogen-bond donors (Lipinski definition) is 2. The van der Waals surface area contributed by atoms with E-state index in [-0.39, 0.29) is 50.3 Å². The van der Waals surface area contributed by atoms with Gasteiger partial charge in [0.05, 0.1) is 18.0 Å². The third-order valence-electron chi connectivity index (χ3n) is 4.83. The standard InChI is InChI=1S/C19H25FN4O4S2/c1-2-21-19(26)22-17-16(14-6-3-4-7-15(14)29-17)18(25)23-9-11-24(12-10-23)30(27,28)13-5-8-20/h3-4,6-7H,2,5,8-13H2,1H3,(H2,21,22,26). The Kier molecular flexibility index (Phi) is 7.27. The van der Waals surface area contributed by atoms with Gasteiger partial charge in [0.25, 0.3) is 5.91 Å². The predicted molar refractivity (Wildman–Crippen MR) is 116 cm³/mol. The van der Waals surface area contributed by atoms with Gasteiger partial charge in [-0.3, -0.25) is 14.5 Å². The first kappa shape index (κ1) is 22.4. The molecule has 0 aliphatic carbocycles. The van der Waals surface area contributed by atoms with Crippen molar-refractivity contribution >= 4 is 48.4 Å². The number of benzene rings is 1. The highest BCUT2D eigenvalue weighted by molar-refractivity contribution is 7.89. The molecule has 3 rings (SSSR count). The van der Waals surface area contributed by atoms with Crippen LogP contribution in [0.3, 0.4) is 0 Å². The zero-order chi connectivity index (χ0) is 21.7. The van der Waals surface area contributed by atoms with E-state index in [0.29, 0.717) is 17.1 Å². The largest absolute Gasteiger partial charge is 0.338 e. The number of carbonyl (C=O) groups is 2. The summed E-state index contributed by atoms with van der Waals surface area (Å²) in [5, 5.41) is 6.62. The number of piperazine rings is 1. The summed E-state index contributed by atoms with van der Waals surface area (Å²) >= 11 is 1.32. The molecule has 0 spiro atoms. The number of amides is 3.